The summed E-state index contributed by atoms with van der Waals surface area (Å²) in [6.07, 6.45) is 0. The van der Waals surface area contributed by atoms with Crippen LogP contribution in [-0.2, 0) is 0 Å². The lowest BCUT2D eigenvalue weighted by atomic mass is 9.73. The predicted molar refractivity (Wildman–Crippen MR) is 137 cm³/mol. The van der Waals surface area contributed by atoms with Crippen molar-refractivity contribution in [1.29, 1.82) is 0 Å². The molecule has 0 saturated heterocycles. The molecule has 0 radical (unpaired) electrons. The molecule has 0 amide bonds. The summed E-state index contributed by atoms with van der Waals surface area (Å²) in [6.45, 7) is 0. The first-order valence-corrected chi connectivity index (χ1v) is 11.4. The minimum Gasteiger partial charge on any atom is -0.497 e. The van der Waals surface area contributed by atoms with Gasteiger partial charge in [-0.2, -0.15) is 0 Å². The molecule has 2 atom stereocenters. The van der Waals surface area contributed by atoms with E-state index >= 15 is 0 Å². The SMILES string of the molecule is COc1ccc(C(c2ccccc2S)C(c2ccc(OC)cc2)c2ccccc2S)cc1. The summed E-state index contributed by atoms with van der Waals surface area (Å²) < 4.78 is 10.8. The van der Waals surface area contributed by atoms with Crippen molar-refractivity contribution in [3.63, 3.8) is 0 Å². The van der Waals surface area contributed by atoms with Gasteiger partial charge in [-0.1, -0.05) is 60.7 Å². The van der Waals surface area contributed by atoms with Crippen LogP contribution in [0.15, 0.2) is 107 Å². The first-order chi connectivity index (χ1) is 15.6. The summed E-state index contributed by atoms with van der Waals surface area (Å²) in [4.78, 5) is 1.92. The van der Waals surface area contributed by atoms with Gasteiger partial charge in [0.05, 0.1) is 14.2 Å². The largest absolute Gasteiger partial charge is 0.497 e. The molecule has 4 aromatic carbocycles. The van der Waals surface area contributed by atoms with Gasteiger partial charge in [-0.15, -0.1) is 25.3 Å². The van der Waals surface area contributed by atoms with Crippen LogP contribution in [0.1, 0.15) is 34.1 Å². The van der Waals surface area contributed by atoms with Gasteiger partial charge in [0.1, 0.15) is 11.5 Å². The highest BCUT2D eigenvalue weighted by Gasteiger charge is 2.30. The van der Waals surface area contributed by atoms with Crippen molar-refractivity contribution < 1.29 is 9.47 Å². The third-order valence-electron chi connectivity index (χ3n) is 5.83. The highest BCUT2D eigenvalue weighted by Crippen LogP contribution is 2.46. The maximum atomic E-state index is 5.41. The van der Waals surface area contributed by atoms with Crippen molar-refractivity contribution in [3.8, 4) is 11.5 Å². The van der Waals surface area contributed by atoms with Crippen LogP contribution in [0, 0.1) is 0 Å². The summed E-state index contributed by atoms with van der Waals surface area (Å²) in [5.41, 5.74) is 4.70. The van der Waals surface area contributed by atoms with Crippen LogP contribution in [0.25, 0.3) is 0 Å². The van der Waals surface area contributed by atoms with E-state index in [0.717, 1.165) is 21.3 Å². The molecule has 0 aliphatic rings. The van der Waals surface area contributed by atoms with Gasteiger partial charge >= 0.3 is 0 Å². The molecule has 0 aliphatic heterocycles. The smallest absolute Gasteiger partial charge is 0.118 e. The summed E-state index contributed by atoms with van der Waals surface area (Å²) in [5, 5.41) is 0. The molecule has 0 aromatic heterocycles. The molecule has 0 heterocycles. The fourth-order valence-corrected chi connectivity index (χ4v) is 4.83. The van der Waals surface area contributed by atoms with Crippen LogP contribution in [-0.4, -0.2) is 14.2 Å². The Morgan fingerprint density at radius 3 is 1.16 bits per heavy atom. The first kappa shape index (κ1) is 22.4. The molecule has 2 nitrogen and oxygen atoms in total. The van der Waals surface area contributed by atoms with E-state index in [1.807, 2.05) is 48.5 Å². The molecular weight excluding hydrogens is 432 g/mol. The van der Waals surface area contributed by atoms with Crippen LogP contribution >= 0.6 is 25.3 Å². The molecule has 2 unspecified atom stereocenters. The number of rotatable bonds is 7. The second kappa shape index (κ2) is 10.2. The lowest BCUT2D eigenvalue weighted by molar-refractivity contribution is 0.414. The fraction of sp³-hybridized carbons (Fsp3) is 0.143. The van der Waals surface area contributed by atoms with Gasteiger partial charge < -0.3 is 9.47 Å². The average molecular weight is 459 g/mol. The van der Waals surface area contributed by atoms with E-state index in [9.17, 15) is 0 Å². The Hall–Kier alpha value is -2.82. The molecule has 0 fully saturated rings. The second-order valence-corrected chi connectivity index (χ2v) is 8.58. The Kier molecular flexibility index (Phi) is 7.13. The number of thiol groups is 2. The molecule has 0 aliphatic carbocycles. The molecule has 0 saturated carbocycles. The number of hydrogen-bond acceptors (Lipinski definition) is 4. The minimum atomic E-state index is 0.0244. The lowest BCUT2D eigenvalue weighted by Crippen LogP contribution is -2.16. The Bertz CT molecular complexity index is 1080. The van der Waals surface area contributed by atoms with Crippen LogP contribution in [0.3, 0.4) is 0 Å². The first-order valence-electron chi connectivity index (χ1n) is 10.5. The van der Waals surface area contributed by atoms with E-state index in [4.69, 9.17) is 34.7 Å². The van der Waals surface area contributed by atoms with E-state index in [1.165, 1.54) is 22.3 Å². The maximum absolute atomic E-state index is 5.41. The van der Waals surface area contributed by atoms with Gasteiger partial charge in [-0.25, -0.2) is 0 Å². The van der Waals surface area contributed by atoms with E-state index in [0.29, 0.717) is 0 Å². The Morgan fingerprint density at radius 1 is 0.500 bits per heavy atom. The molecule has 0 N–H and O–H groups in total. The summed E-state index contributed by atoms with van der Waals surface area (Å²) >= 11 is 9.68. The highest BCUT2D eigenvalue weighted by atomic mass is 32.1. The molecule has 32 heavy (non-hydrogen) atoms. The third-order valence-corrected chi connectivity index (χ3v) is 6.64. The van der Waals surface area contributed by atoms with Crippen molar-refractivity contribution in [3.05, 3.63) is 119 Å². The zero-order valence-corrected chi connectivity index (χ0v) is 19.9. The maximum Gasteiger partial charge on any atom is 0.118 e. The zero-order chi connectivity index (χ0) is 22.5. The topological polar surface area (TPSA) is 18.5 Å². The fourth-order valence-electron chi connectivity index (χ4n) is 4.23. The monoisotopic (exact) mass is 458 g/mol. The lowest BCUT2D eigenvalue weighted by Gasteiger charge is -2.31. The van der Waals surface area contributed by atoms with Gasteiger partial charge in [0, 0.05) is 21.6 Å². The predicted octanol–water partition coefficient (Wildman–Crippen LogP) is 7.25. The summed E-state index contributed by atoms with van der Waals surface area (Å²) in [7, 11) is 3.37. The average Bonchev–Trinajstić information content (AvgIpc) is 2.84. The Labute approximate surface area is 201 Å². The van der Waals surface area contributed by atoms with Gasteiger partial charge in [0.25, 0.3) is 0 Å². The van der Waals surface area contributed by atoms with Crippen molar-refractivity contribution >= 4 is 25.3 Å². The number of ether oxygens (including phenoxy) is 2. The standard InChI is InChI=1S/C28H26O2S2/c1-29-21-15-11-19(12-16-21)27(23-7-3-5-9-25(23)31)28(24-8-4-6-10-26(24)32)20-13-17-22(30-2)18-14-20/h3-18,27-28,31-32H,1-2H3. The molecule has 0 bridgehead atoms. The van der Waals surface area contributed by atoms with Crippen LogP contribution in [0.5, 0.6) is 11.5 Å². The quantitative estimate of drug-likeness (QED) is 0.284. The number of methoxy groups -OCH3 is 2. The van der Waals surface area contributed by atoms with Crippen LogP contribution < -0.4 is 9.47 Å². The Morgan fingerprint density at radius 2 is 0.844 bits per heavy atom. The van der Waals surface area contributed by atoms with Crippen molar-refractivity contribution in [2.24, 2.45) is 0 Å². The number of hydrogen-bond donors (Lipinski definition) is 2. The Balaban J connectivity index is 1.97. The third kappa shape index (κ3) is 4.67. The van der Waals surface area contributed by atoms with E-state index < -0.39 is 0 Å². The molecular formula is C28H26O2S2. The zero-order valence-electron chi connectivity index (χ0n) is 18.1. The van der Waals surface area contributed by atoms with Crippen LogP contribution in [0.2, 0.25) is 0 Å². The van der Waals surface area contributed by atoms with E-state index in [2.05, 4.69) is 48.5 Å². The van der Waals surface area contributed by atoms with Crippen LogP contribution in [0.4, 0.5) is 0 Å². The molecule has 4 heteroatoms. The highest BCUT2D eigenvalue weighted by molar-refractivity contribution is 7.80. The molecule has 162 valence electrons. The molecule has 0 spiro atoms. The molecule has 4 rings (SSSR count). The normalized spacial score (nSPS) is 12.8. The van der Waals surface area contributed by atoms with Gasteiger partial charge in [0.2, 0.25) is 0 Å². The van der Waals surface area contributed by atoms with Gasteiger partial charge in [-0.05, 0) is 58.7 Å². The van der Waals surface area contributed by atoms with Crippen molar-refractivity contribution in [2.75, 3.05) is 14.2 Å². The van der Waals surface area contributed by atoms with E-state index in [1.54, 1.807) is 14.2 Å². The molecule has 4 aromatic rings. The summed E-state index contributed by atoms with van der Waals surface area (Å²) in [5.74, 6) is 1.72. The van der Waals surface area contributed by atoms with E-state index in [-0.39, 0.29) is 11.8 Å². The van der Waals surface area contributed by atoms with Crippen molar-refractivity contribution in [2.45, 2.75) is 21.6 Å². The second-order valence-electron chi connectivity index (χ2n) is 7.62. The van der Waals surface area contributed by atoms with Crippen molar-refractivity contribution in [1.82, 2.24) is 0 Å². The summed E-state index contributed by atoms with van der Waals surface area (Å²) in [6, 6.07) is 33.2. The number of benzene rings is 4. The van der Waals surface area contributed by atoms with Gasteiger partial charge in [-0.3, -0.25) is 0 Å². The van der Waals surface area contributed by atoms with Gasteiger partial charge in [0.15, 0.2) is 0 Å². The minimum absolute atomic E-state index is 0.0244.